The van der Waals surface area contributed by atoms with Crippen LogP contribution in [0.3, 0.4) is 0 Å². The van der Waals surface area contributed by atoms with Crippen LogP contribution < -0.4 is 5.32 Å². The second-order valence-electron chi connectivity index (χ2n) is 5.82. The van der Waals surface area contributed by atoms with Crippen LogP contribution >= 0.6 is 0 Å². The maximum Gasteiger partial charge on any atom is 0.124 e. The maximum absolute atomic E-state index is 5.70. The van der Waals surface area contributed by atoms with E-state index in [-0.39, 0.29) is 18.2 Å². The Morgan fingerprint density at radius 3 is 2.14 bits per heavy atom. The first-order chi connectivity index (χ1) is 10.7. The molecule has 1 heterocycles. The van der Waals surface area contributed by atoms with Crippen LogP contribution in [0.1, 0.15) is 37.1 Å². The predicted molar refractivity (Wildman–Crippen MR) is 90.0 cm³/mol. The summed E-state index contributed by atoms with van der Waals surface area (Å²) in [7, 11) is 0. The van der Waals surface area contributed by atoms with Crippen molar-refractivity contribution in [2.24, 2.45) is 4.99 Å². The Kier molecular flexibility index (Phi) is 4.54. The summed E-state index contributed by atoms with van der Waals surface area (Å²) in [5, 5.41) is 3.54. The average molecular weight is 294 g/mol. The lowest BCUT2D eigenvalue weighted by Crippen LogP contribution is -2.28. The minimum Gasteiger partial charge on any atom is -0.371 e. The molecule has 0 aromatic heterocycles. The molecule has 3 heteroatoms. The Balaban J connectivity index is 1.86. The van der Waals surface area contributed by atoms with Crippen LogP contribution in [0, 0.1) is 0 Å². The zero-order chi connectivity index (χ0) is 15.4. The van der Waals surface area contributed by atoms with E-state index in [1.807, 2.05) is 26.0 Å². The van der Waals surface area contributed by atoms with E-state index in [0.29, 0.717) is 6.61 Å². The van der Waals surface area contributed by atoms with Crippen molar-refractivity contribution >= 4 is 5.84 Å². The largest absolute Gasteiger partial charge is 0.371 e. The van der Waals surface area contributed by atoms with Crippen LogP contribution in [0.15, 0.2) is 65.7 Å². The Labute approximate surface area is 132 Å². The van der Waals surface area contributed by atoms with Crippen molar-refractivity contribution < 1.29 is 4.74 Å². The van der Waals surface area contributed by atoms with Gasteiger partial charge in [0.2, 0.25) is 0 Å². The van der Waals surface area contributed by atoms with E-state index in [4.69, 9.17) is 9.73 Å². The van der Waals surface area contributed by atoms with Gasteiger partial charge in [0.15, 0.2) is 0 Å². The topological polar surface area (TPSA) is 33.6 Å². The van der Waals surface area contributed by atoms with Crippen LogP contribution in [0.4, 0.5) is 0 Å². The second-order valence-corrected chi connectivity index (χ2v) is 5.82. The predicted octanol–water partition coefficient (Wildman–Crippen LogP) is 3.90. The van der Waals surface area contributed by atoms with Crippen LogP contribution in [-0.2, 0) is 4.74 Å². The molecule has 1 aliphatic heterocycles. The average Bonchev–Trinajstić information content (AvgIpc) is 2.99. The van der Waals surface area contributed by atoms with Crippen LogP contribution in [0.25, 0.3) is 0 Å². The fourth-order valence-electron chi connectivity index (χ4n) is 2.71. The van der Waals surface area contributed by atoms with Gasteiger partial charge in [-0.3, -0.25) is 4.99 Å². The zero-order valence-corrected chi connectivity index (χ0v) is 13.1. The summed E-state index contributed by atoms with van der Waals surface area (Å²) in [6.45, 7) is 4.61. The number of nitrogens with one attached hydrogen (secondary N) is 1. The van der Waals surface area contributed by atoms with E-state index in [1.54, 1.807) is 0 Å². The monoisotopic (exact) mass is 294 g/mol. The standard InChI is InChI=1S/C19H22N2O/c1-14(2)22-13-17-20-18(15-9-5-3-6-10-15)19(21-17)16-11-7-4-8-12-16/h3-12,14,18-19H,13H2,1-2H3,(H,20,21)/t18-,19+. The van der Waals surface area contributed by atoms with Gasteiger partial charge in [-0.2, -0.15) is 0 Å². The minimum absolute atomic E-state index is 0.0920. The molecule has 0 unspecified atom stereocenters. The summed E-state index contributed by atoms with van der Waals surface area (Å²) >= 11 is 0. The lowest BCUT2D eigenvalue weighted by molar-refractivity contribution is 0.109. The SMILES string of the molecule is CC(C)OCC1=N[C@@H](c2ccccc2)[C@@H](c2ccccc2)N1. The second kappa shape index (κ2) is 6.75. The number of ether oxygens (including phenoxy) is 1. The summed E-state index contributed by atoms with van der Waals surface area (Å²) in [5.74, 6) is 0.927. The highest BCUT2D eigenvalue weighted by Gasteiger charge is 2.30. The molecule has 0 radical (unpaired) electrons. The summed E-state index contributed by atoms with van der Waals surface area (Å²) < 4.78 is 5.70. The fourth-order valence-corrected chi connectivity index (χ4v) is 2.71. The molecule has 22 heavy (non-hydrogen) atoms. The van der Waals surface area contributed by atoms with Crippen molar-refractivity contribution in [2.45, 2.75) is 32.0 Å². The molecule has 3 nitrogen and oxygen atoms in total. The summed E-state index contributed by atoms with van der Waals surface area (Å²) in [6, 6.07) is 21.2. The quantitative estimate of drug-likeness (QED) is 0.907. The van der Waals surface area contributed by atoms with Crippen molar-refractivity contribution in [3.8, 4) is 0 Å². The van der Waals surface area contributed by atoms with Crippen molar-refractivity contribution in [3.05, 3.63) is 71.8 Å². The summed E-state index contributed by atoms with van der Waals surface area (Å²) in [5.41, 5.74) is 2.48. The van der Waals surface area contributed by atoms with Gasteiger partial charge in [0.05, 0.1) is 12.1 Å². The zero-order valence-electron chi connectivity index (χ0n) is 13.1. The van der Waals surface area contributed by atoms with Crippen molar-refractivity contribution in [1.82, 2.24) is 5.32 Å². The Hall–Kier alpha value is -2.13. The van der Waals surface area contributed by atoms with Gasteiger partial charge in [-0.1, -0.05) is 60.7 Å². The number of aliphatic imine (C=N–C) groups is 1. The van der Waals surface area contributed by atoms with Gasteiger partial charge in [-0.25, -0.2) is 0 Å². The van der Waals surface area contributed by atoms with Crippen LogP contribution in [0.5, 0.6) is 0 Å². The third-order valence-electron chi connectivity index (χ3n) is 3.79. The molecule has 3 rings (SSSR count). The van der Waals surface area contributed by atoms with Crippen LogP contribution in [-0.4, -0.2) is 18.5 Å². The van der Waals surface area contributed by atoms with Gasteiger partial charge in [-0.05, 0) is 25.0 Å². The number of rotatable bonds is 5. The molecule has 0 spiro atoms. The first-order valence-corrected chi connectivity index (χ1v) is 7.79. The van der Waals surface area contributed by atoms with Crippen molar-refractivity contribution in [3.63, 3.8) is 0 Å². The molecule has 1 aliphatic rings. The first kappa shape index (κ1) is 14.8. The Morgan fingerprint density at radius 2 is 1.55 bits per heavy atom. The van der Waals surface area contributed by atoms with E-state index in [1.165, 1.54) is 11.1 Å². The highest BCUT2D eigenvalue weighted by molar-refractivity contribution is 5.86. The molecule has 2 aromatic carbocycles. The molecule has 0 amide bonds. The van der Waals surface area contributed by atoms with Crippen LogP contribution in [0.2, 0.25) is 0 Å². The molecule has 0 aliphatic carbocycles. The summed E-state index contributed by atoms with van der Waals surface area (Å²) in [6.07, 6.45) is 0.204. The third-order valence-corrected chi connectivity index (χ3v) is 3.79. The Bertz CT molecular complexity index is 622. The third kappa shape index (κ3) is 3.37. The highest BCUT2D eigenvalue weighted by Crippen LogP contribution is 2.35. The number of nitrogens with zero attached hydrogens (tertiary/aromatic N) is 1. The lowest BCUT2D eigenvalue weighted by atomic mass is 9.95. The van der Waals surface area contributed by atoms with Crippen molar-refractivity contribution in [1.29, 1.82) is 0 Å². The van der Waals surface area contributed by atoms with Gasteiger partial charge in [0.25, 0.3) is 0 Å². The van der Waals surface area contributed by atoms with Crippen molar-refractivity contribution in [2.75, 3.05) is 6.61 Å². The lowest BCUT2D eigenvalue weighted by Gasteiger charge is -2.19. The number of benzene rings is 2. The molecular formula is C19H22N2O. The van der Waals surface area contributed by atoms with Gasteiger partial charge in [-0.15, -0.1) is 0 Å². The number of hydrogen-bond acceptors (Lipinski definition) is 3. The summed E-state index contributed by atoms with van der Waals surface area (Å²) in [4.78, 5) is 4.87. The molecule has 0 bridgehead atoms. The van der Waals surface area contributed by atoms with E-state index >= 15 is 0 Å². The first-order valence-electron chi connectivity index (χ1n) is 7.79. The van der Waals surface area contributed by atoms with Gasteiger partial charge in [0, 0.05) is 0 Å². The van der Waals surface area contributed by atoms with E-state index in [0.717, 1.165) is 5.84 Å². The Morgan fingerprint density at radius 1 is 0.955 bits per heavy atom. The molecule has 2 atom stereocenters. The van der Waals surface area contributed by atoms with Gasteiger partial charge >= 0.3 is 0 Å². The normalized spacial score (nSPS) is 20.8. The molecule has 1 N–H and O–H groups in total. The maximum atomic E-state index is 5.70. The molecule has 2 aromatic rings. The molecular weight excluding hydrogens is 272 g/mol. The number of hydrogen-bond donors (Lipinski definition) is 1. The van der Waals surface area contributed by atoms with Gasteiger partial charge in [0.1, 0.15) is 18.5 Å². The minimum atomic E-state index is 0.0920. The molecule has 0 saturated carbocycles. The smallest absolute Gasteiger partial charge is 0.124 e. The van der Waals surface area contributed by atoms with E-state index < -0.39 is 0 Å². The molecule has 114 valence electrons. The van der Waals surface area contributed by atoms with E-state index in [9.17, 15) is 0 Å². The molecule has 0 saturated heterocycles. The van der Waals surface area contributed by atoms with E-state index in [2.05, 4.69) is 53.8 Å². The molecule has 0 fully saturated rings. The number of amidine groups is 1. The highest BCUT2D eigenvalue weighted by atomic mass is 16.5. The van der Waals surface area contributed by atoms with Gasteiger partial charge < -0.3 is 10.1 Å². The fraction of sp³-hybridized carbons (Fsp3) is 0.316.